The quantitative estimate of drug-likeness (QED) is 0.525. The third-order valence-electron chi connectivity index (χ3n) is 6.12. The van der Waals surface area contributed by atoms with Crippen LogP contribution in [0, 0.1) is 5.82 Å². The highest BCUT2D eigenvalue weighted by Gasteiger charge is 2.38. The first-order chi connectivity index (χ1) is 16.1. The van der Waals surface area contributed by atoms with E-state index < -0.39 is 11.4 Å². The number of likely N-dealkylation sites (N-methyl/N-ethyl adjacent to an activating group) is 1. The monoisotopic (exact) mass is 482 g/mol. The lowest BCUT2D eigenvalue weighted by Crippen LogP contribution is -2.52. The van der Waals surface area contributed by atoms with Crippen molar-refractivity contribution in [3.05, 3.63) is 76.3 Å². The molecule has 0 atom stereocenters. The Balaban J connectivity index is 1.87. The number of nitrogens with one attached hydrogen (secondary N) is 1. The zero-order valence-corrected chi connectivity index (χ0v) is 20.7. The Morgan fingerprint density at radius 2 is 1.94 bits per heavy atom. The lowest BCUT2D eigenvalue weighted by molar-refractivity contribution is -0.121. The Hall–Kier alpha value is -3.25. The number of methoxy groups -OCH3 is 1. The highest BCUT2D eigenvalue weighted by Crippen LogP contribution is 2.44. The van der Waals surface area contributed by atoms with Gasteiger partial charge in [-0.25, -0.2) is 4.39 Å². The Kier molecular flexibility index (Phi) is 6.45. The van der Waals surface area contributed by atoms with Crippen molar-refractivity contribution in [1.29, 1.82) is 0 Å². The zero-order valence-electron chi connectivity index (χ0n) is 20.0. The number of amides is 1. The number of rotatable bonds is 5. The Morgan fingerprint density at radius 1 is 1.21 bits per heavy atom. The number of hydrogen-bond donors (Lipinski definition) is 1. The van der Waals surface area contributed by atoms with Crippen molar-refractivity contribution in [1.82, 2.24) is 0 Å². The third-order valence-corrected chi connectivity index (χ3v) is 6.36. The van der Waals surface area contributed by atoms with Gasteiger partial charge in [0.25, 0.3) is 5.91 Å². The molecule has 1 heterocycles. The summed E-state index contributed by atoms with van der Waals surface area (Å²) in [7, 11) is 3.27. The second kappa shape index (κ2) is 9.18. The van der Waals surface area contributed by atoms with Crippen molar-refractivity contribution in [3.63, 3.8) is 0 Å². The van der Waals surface area contributed by atoms with Gasteiger partial charge >= 0.3 is 0 Å². The molecule has 2 aliphatic rings. The van der Waals surface area contributed by atoms with Gasteiger partial charge in [-0.1, -0.05) is 23.7 Å². The fraction of sp³-hybridized carbons (Fsp3) is 0.296. The standard InChI is InChI=1S/C27H28ClFN2O3/c1-16-7-6-8-17(28)13-23(16)34-15-21-19(20-10-9-18(29)14-24(20)33-5)11-12-22-25(21)31(4)26(32)27(2,3)30-22/h6,8-14,30H,7,15H2,1-5H3. The van der Waals surface area contributed by atoms with Crippen LogP contribution >= 0.6 is 11.6 Å². The van der Waals surface area contributed by atoms with Crippen molar-refractivity contribution in [2.75, 3.05) is 24.4 Å². The van der Waals surface area contributed by atoms with Crippen molar-refractivity contribution in [2.45, 2.75) is 39.3 Å². The minimum atomic E-state index is -0.753. The van der Waals surface area contributed by atoms with Crippen LogP contribution in [0.1, 0.15) is 32.8 Å². The number of nitrogens with zero attached hydrogens (tertiary/aromatic N) is 1. The van der Waals surface area contributed by atoms with E-state index >= 15 is 0 Å². The third kappa shape index (κ3) is 4.42. The Morgan fingerprint density at radius 3 is 2.68 bits per heavy atom. The number of fused-ring (bicyclic) bond motifs is 1. The summed E-state index contributed by atoms with van der Waals surface area (Å²) >= 11 is 6.28. The zero-order chi connectivity index (χ0) is 24.6. The maximum atomic E-state index is 13.9. The first-order valence-electron chi connectivity index (χ1n) is 11.0. The maximum absolute atomic E-state index is 13.9. The van der Waals surface area contributed by atoms with Gasteiger partial charge in [-0.2, -0.15) is 0 Å². The number of carbonyl (C=O) groups is 1. The van der Waals surface area contributed by atoms with Gasteiger partial charge in [0, 0.05) is 29.3 Å². The average Bonchev–Trinajstić information content (AvgIpc) is 2.95. The largest absolute Gasteiger partial charge is 0.496 e. The Labute approximate surface area is 204 Å². The summed E-state index contributed by atoms with van der Waals surface area (Å²) in [5.74, 6) is 0.624. The van der Waals surface area contributed by atoms with Crippen molar-refractivity contribution >= 4 is 28.9 Å². The summed E-state index contributed by atoms with van der Waals surface area (Å²) < 4.78 is 25.7. The van der Waals surface area contributed by atoms with Crippen LogP contribution in [0.3, 0.4) is 0 Å². The fourth-order valence-corrected chi connectivity index (χ4v) is 4.57. The smallest absolute Gasteiger partial charge is 0.251 e. The summed E-state index contributed by atoms with van der Waals surface area (Å²) in [5, 5.41) is 3.93. The molecular weight excluding hydrogens is 455 g/mol. The fourth-order valence-electron chi connectivity index (χ4n) is 4.38. The van der Waals surface area contributed by atoms with Gasteiger partial charge in [-0.3, -0.25) is 4.79 Å². The van der Waals surface area contributed by atoms with E-state index in [4.69, 9.17) is 21.1 Å². The van der Waals surface area contributed by atoms with Crippen molar-refractivity contribution in [3.8, 4) is 16.9 Å². The van der Waals surface area contributed by atoms with Crippen molar-refractivity contribution < 1.29 is 18.7 Å². The molecule has 0 radical (unpaired) electrons. The second-order valence-electron chi connectivity index (χ2n) is 9.02. The lowest BCUT2D eigenvalue weighted by Gasteiger charge is -2.39. The number of benzene rings is 2. The highest BCUT2D eigenvalue weighted by atomic mass is 35.5. The highest BCUT2D eigenvalue weighted by molar-refractivity contribution is 6.31. The summed E-state index contributed by atoms with van der Waals surface area (Å²) in [6.07, 6.45) is 6.35. The second-order valence-corrected chi connectivity index (χ2v) is 9.45. The molecule has 0 bridgehead atoms. The molecule has 1 amide bonds. The molecule has 0 fully saturated rings. The normalized spacial score (nSPS) is 17.1. The molecule has 0 saturated carbocycles. The molecule has 0 unspecified atom stereocenters. The van der Waals surface area contributed by atoms with Gasteiger partial charge in [-0.05, 0) is 68.7 Å². The van der Waals surface area contributed by atoms with Gasteiger partial charge in [0.2, 0.25) is 0 Å². The molecule has 0 spiro atoms. The maximum Gasteiger partial charge on any atom is 0.251 e. The predicted octanol–water partition coefficient (Wildman–Crippen LogP) is 6.54. The molecular formula is C27H28ClFN2O3. The predicted molar refractivity (Wildman–Crippen MR) is 135 cm³/mol. The van der Waals surface area contributed by atoms with E-state index in [1.54, 1.807) is 24.1 Å². The van der Waals surface area contributed by atoms with E-state index in [1.807, 2.05) is 45.1 Å². The molecule has 1 aliphatic heterocycles. The Bertz CT molecular complexity index is 1250. The number of allylic oxidation sites excluding steroid dienone is 5. The van der Waals surface area contributed by atoms with Crippen LogP contribution < -0.4 is 15.0 Å². The first-order valence-corrected chi connectivity index (χ1v) is 11.4. The molecule has 2 aromatic carbocycles. The van der Waals surface area contributed by atoms with Gasteiger partial charge in [-0.15, -0.1) is 0 Å². The van der Waals surface area contributed by atoms with E-state index in [2.05, 4.69) is 5.32 Å². The molecule has 0 aromatic heterocycles. The van der Waals surface area contributed by atoms with Crippen LogP contribution in [0.25, 0.3) is 11.1 Å². The molecule has 1 aliphatic carbocycles. The molecule has 2 aromatic rings. The number of anilines is 2. The van der Waals surface area contributed by atoms with E-state index in [0.717, 1.165) is 28.8 Å². The van der Waals surface area contributed by atoms with E-state index in [1.165, 1.54) is 19.2 Å². The summed E-state index contributed by atoms with van der Waals surface area (Å²) in [6.45, 7) is 5.87. The molecule has 1 N–H and O–H groups in total. The van der Waals surface area contributed by atoms with E-state index in [-0.39, 0.29) is 12.5 Å². The van der Waals surface area contributed by atoms with Gasteiger partial charge in [0.05, 0.1) is 18.5 Å². The topological polar surface area (TPSA) is 50.8 Å². The van der Waals surface area contributed by atoms with Crippen LogP contribution in [0.15, 0.2) is 64.9 Å². The summed E-state index contributed by atoms with van der Waals surface area (Å²) in [5.41, 5.74) is 4.10. The first kappa shape index (κ1) is 23.9. The minimum Gasteiger partial charge on any atom is -0.496 e. The number of ether oxygens (including phenoxy) is 2. The van der Waals surface area contributed by atoms with Crippen LogP contribution in [0.4, 0.5) is 15.8 Å². The van der Waals surface area contributed by atoms with E-state index in [0.29, 0.717) is 27.8 Å². The van der Waals surface area contributed by atoms with Crippen LogP contribution in [0.2, 0.25) is 0 Å². The molecule has 5 nitrogen and oxygen atoms in total. The van der Waals surface area contributed by atoms with Crippen LogP contribution in [0.5, 0.6) is 5.75 Å². The van der Waals surface area contributed by atoms with Gasteiger partial charge in [0.1, 0.15) is 29.5 Å². The molecule has 34 heavy (non-hydrogen) atoms. The van der Waals surface area contributed by atoms with E-state index in [9.17, 15) is 9.18 Å². The van der Waals surface area contributed by atoms with Crippen LogP contribution in [-0.2, 0) is 16.1 Å². The number of hydrogen-bond acceptors (Lipinski definition) is 4. The minimum absolute atomic E-state index is 0.0681. The average molecular weight is 483 g/mol. The summed E-state index contributed by atoms with van der Waals surface area (Å²) in [6, 6.07) is 8.29. The van der Waals surface area contributed by atoms with Gasteiger partial charge < -0.3 is 19.7 Å². The molecule has 7 heteroatoms. The molecule has 0 saturated heterocycles. The number of carbonyl (C=O) groups excluding carboxylic acids is 1. The lowest BCUT2D eigenvalue weighted by atomic mass is 9.92. The number of halogens is 2. The molecule has 4 rings (SSSR count). The van der Waals surface area contributed by atoms with Gasteiger partial charge in [0.15, 0.2) is 0 Å². The SMILES string of the molecule is COc1cc(F)ccc1-c1ccc2c(c1COC1=C(C)CC=CC(Cl)=C1)N(C)C(=O)C(C)(C)N2. The van der Waals surface area contributed by atoms with Crippen molar-refractivity contribution in [2.24, 2.45) is 0 Å². The molecule has 178 valence electrons. The summed E-state index contributed by atoms with van der Waals surface area (Å²) in [4.78, 5) is 14.8. The van der Waals surface area contributed by atoms with Crippen LogP contribution in [-0.4, -0.2) is 25.6 Å².